The zero-order valence-electron chi connectivity index (χ0n) is 42.4. The van der Waals surface area contributed by atoms with E-state index in [1.165, 1.54) is 26.5 Å². The lowest BCUT2D eigenvalue weighted by molar-refractivity contribution is -0.199. The highest BCUT2D eigenvalue weighted by Crippen LogP contribution is 2.66. The summed E-state index contributed by atoms with van der Waals surface area (Å²) in [4.78, 5) is 95.0. The quantitative estimate of drug-likeness (QED) is 0.0369. The third-order valence-electron chi connectivity index (χ3n) is 15.6. The van der Waals surface area contributed by atoms with Crippen LogP contribution >= 0.6 is 0 Å². The average Bonchev–Trinajstić information content (AvgIpc) is 3.67. The summed E-state index contributed by atoms with van der Waals surface area (Å²) in [5.41, 5.74) is 14.9. The minimum atomic E-state index is -1.34. The number of aryl methyl sites for hydroxylation is 1. The molecule has 2 aromatic rings. The summed E-state index contributed by atoms with van der Waals surface area (Å²) in [7, 11) is 0.764. The van der Waals surface area contributed by atoms with E-state index in [4.69, 9.17) is 20.8 Å². The van der Waals surface area contributed by atoms with Crippen molar-refractivity contribution in [2.24, 2.45) is 40.6 Å². The number of aliphatic hydroxyl groups excluding tert-OH is 1. The second-order valence-corrected chi connectivity index (χ2v) is 21.3. The molecule has 4 aliphatic rings. The van der Waals surface area contributed by atoms with Crippen molar-refractivity contribution in [1.82, 2.24) is 10.2 Å². The Kier molecular flexibility index (Phi) is 19.7. The van der Waals surface area contributed by atoms with Gasteiger partial charge >= 0.3 is 7.12 Å². The SMILES string of the molecule is CCCCc1ccc(-c2ccc(C(=O)CCCC(=O)C[C@@H](CCCCN)C(=O)N(C)[C@H](C(=O)C[C@@H](C)C(=O)N[C@@H](CC(N)=O)C(=O)C[C@@H](C)B3OC4C[C@@H]5C[C@@H](C5(C)C)[C@]4(C)O3)[C@@H](C)O)cc2)cc1. The van der Waals surface area contributed by atoms with Crippen molar-refractivity contribution >= 4 is 48.0 Å². The molecule has 3 saturated carbocycles. The number of aliphatic hydroxyl groups is 1. The summed E-state index contributed by atoms with van der Waals surface area (Å²) in [6.45, 7) is 13.9. The second-order valence-electron chi connectivity index (χ2n) is 21.3. The van der Waals surface area contributed by atoms with E-state index < -0.39 is 84.9 Å². The molecule has 0 aromatic heterocycles. The van der Waals surface area contributed by atoms with Crippen LogP contribution in [0.25, 0.3) is 11.1 Å². The van der Waals surface area contributed by atoms with Crippen molar-refractivity contribution in [1.29, 1.82) is 0 Å². The van der Waals surface area contributed by atoms with Gasteiger partial charge in [-0.05, 0) is 105 Å². The lowest BCUT2D eigenvalue weighted by Crippen LogP contribution is -2.65. The van der Waals surface area contributed by atoms with Crippen molar-refractivity contribution in [2.45, 2.75) is 180 Å². The standard InChI is InChI=1S/C54H79BN4O10/c1-9-10-14-36-18-20-37(21-19-36)38-22-24-39(25-23-38)44(62)17-13-16-42(61)29-40(15-11-12-26-56)52(67)59(8)50(35(4)60)46(64)27-33(2)51(66)58-43(32-49(57)65)45(63)28-34(3)55-68-48-31-41-30-47(53(41,5)6)54(48,7)69-55/h18-25,33-35,40-41,43,47-48,50,60H,9-17,26-32,56H2,1-8H3,(H2,57,65)(H,58,66)/t33-,34-,35-,40-,41+,43+,47+,48?,50+,54+/m1/s1. The molecule has 1 saturated heterocycles. The Morgan fingerprint density at radius 1 is 0.841 bits per heavy atom. The summed E-state index contributed by atoms with van der Waals surface area (Å²) in [5, 5.41) is 13.5. The van der Waals surface area contributed by atoms with Gasteiger partial charge in [-0.1, -0.05) is 96.0 Å². The van der Waals surface area contributed by atoms with Crippen LogP contribution in [0.2, 0.25) is 5.82 Å². The molecule has 6 rings (SSSR count). The molecular formula is C54H79BN4O10. The van der Waals surface area contributed by atoms with Gasteiger partial charge < -0.3 is 36.1 Å². The van der Waals surface area contributed by atoms with Gasteiger partial charge in [0.2, 0.25) is 17.7 Å². The van der Waals surface area contributed by atoms with E-state index in [-0.39, 0.29) is 54.6 Å². The van der Waals surface area contributed by atoms with Gasteiger partial charge in [0, 0.05) is 56.6 Å². The van der Waals surface area contributed by atoms with Crippen LogP contribution in [0.15, 0.2) is 48.5 Å². The topological polar surface area (TPSA) is 225 Å². The first-order valence-electron chi connectivity index (χ1n) is 25.5. The molecule has 1 aliphatic heterocycles. The van der Waals surface area contributed by atoms with E-state index >= 15 is 0 Å². The number of likely N-dealkylation sites (N-methyl/N-ethyl adjacent to an activating group) is 1. The van der Waals surface area contributed by atoms with Crippen LogP contribution in [0.5, 0.6) is 0 Å². The Hall–Kier alpha value is -4.57. The summed E-state index contributed by atoms with van der Waals surface area (Å²) in [5.74, 6) is -4.59. The molecule has 378 valence electrons. The van der Waals surface area contributed by atoms with Crippen molar-refractivity contribution < 1.29 is 48.0 Å². The van der Waals surface area contributed by atoms with Crippen LogP contribution in [0.4, 0.5) is 0 Å². The highest BCUT2D eigenvalue weighted by atomic mass is 16.7. The van der Waals surface area contributed by atoms with E-state index in [1.807, 2.05) is 19.1 Å². The van der Waals surface area contributed by atoms with Gasteiger partial charge in [0.1, 0.15) is 11.8 Å². The van der Waals surface area contributed by atoms with E-state index in [9.17, 15) is 38.7 Å². The minimum Gasteiger partial charge on any atom is -0.405 e. The van der Waals surface area contributed by atoms with Gasteiger partial charge in [0.05, 0.1) is 30.3 Å². The predicted molar refractivity (Wildman–Crippen MR) is 267 cm³/mol. The Bertz CT molecular complexity index is 2130. The lowest BCUT2D eigenvalue weighted by Gasteiger charge is -2.64. The molecule has 10 atom stereocenters. The normalized spacial score (nSPS) is 22.8. The van der Waals surface area contributed by atoms with E-state index in [2.05, 4.69) is 57.3 Å². The number of nitrogens with one attached hydrogen (secondary N) is 1. The van der Waals surface area contributed by atoms with Crippen molar-refractivity contribution in [3.8, 4) is 11.1 Å². The van der Waals surface area contributed by atoms with E-state index in [0.717, 1.165) is 48.1 Å². The lowest BCUT2D eigenvalue weighted by atomic mass is 9.43. The van der Waals surface area contributed by atoms with E-state index in [0.29, 0.717) is 49.6 Å². The average molecular weight is 955 g/mol. The molecule has 15 heteroatoms. The molecule has 1 heterocycles. The number of primary amides is 1. The molecule has 0 radical (unpaired) electrons. The van der Waals surface area contributed by atoms with Crippen LogP contribution < -0.4 is 16.8 Å². The molecule has 3 amide bonds. The molecule has 2 bridgehead atoms. The van der Waals surface area contributed by atoms with Crippen LogP contribution in [-0.4, -0.2) is 101 Å². The van der Waals surface area contributed by atoms with Crippen LogP contribution in [0, 0.1) is 29.1 Å². The van der Waals surface area contributed by atoms with Crippen molar-refractivity contribution in [2.75, 3.05) is 13.6 Å². The number of benzene rings is 2. The van der Waals surface area contributed by atoms with Crippen LogP contribution in [0.1, 0.15) is 154 Å². The number of hydrogen-bond acceptors (Lipinski definition) is 11. The van der Waals surface area contributed by atoms with Gasteiger partial charge in [-0.15, -0.1) is 0 Å². The van der Waals surface area contributed by atoms with Gasteiger partial charge in [0.15, 0.2) is 17.3 Å². The molecule has 2 aromatic carbocycles. The zero-order chi connectivity index (χ0) is 50.8. The number of carbonyl (C=O) groups is 7. The monoisotopic (exact) mass is 955 g/mol. The maximum Gasteiger partial charge on any atom is 0.461 e. The maximum absolute atomic E-state index is 14.1. The Morgan fingerprint density at radius 3 is 2.09 bits per heavy atom. The first-order valence-corrected chi connectivity index (χ1v) is 25.5. The van der Waals surface area contributed by atoms with Gasteiger partial charge in [-0.25, -0.2) is 0 Å². The smallest absolute Gasteiger partial charge is 0.405 e. The summed E-state index contributed by atoms with van der Waals surface area (Å²) in [6.07, 6.45) is 4.95. The third kappa shape index (κ3) is 13.9. The van der Waals surface area contributed by atoms with Gasteiger partial charge in [0.25, 0.3) is 0 Å². The largest absolute Gasteiger partial charge is 0.461 e. The summed E-state index contributed by atoms with van der Waals surface area (Å²) < 4.78 is 12.9. The number of amides is 3. The zero-order valence-corrected chi connectivity index (χ0v) is 42.4. The Balaban J connectivity index is 1.13. The van der Waals surface area contributed by atoms with Crippen LogP contribution in [-0.2, 0) is 44.5 Å². The molecule has 3 aliphatic carbocycles. The number of hydrogen-bond donors (Lipinski definition) is 4. The first kappa shape index (κ1) is 55.4. The number of unbranched alkanes of at least 4 members (excludes halogenated alkanes) is 2. The van der Waals surface area contributed by atoms with Gasteiger partial charge in [-0.3, -0.25) is 33.6 Å². The second kappa shape index (κ2) is 24.5. The number of nitrogens with zero attached hydrogens (tertiary/aromatic N) is 1. The fourth-order valence-corrected chi connectivity index (χ4v) is 11.1. The number of ketones is 4. The van der Waals surface area contributed by atoms with Gasteiger partial charge in [-0.2, -0.15) is 0 Å². The minimum absolute atomic E-state index is 0.0511. The molecule has 4 fully saturated rings. The highest BCUT2D eigenvalue weighted by molar-refractivity contribution is 6.47. The number of nitrogens with two attached hydrogens (primary N) is 2. The molecule has 14 nitrogen and oxygen atoms in total. The maximum atomic E-state index is 14.1. The molecule has 0 spiro atoms. The van der Waals surface area contributed by atoms with Crippen molar-refractivity contribution in [3.63, 3.8) is 0 Å². The summed E-state index contributed by atoms with van der Waals surface area (Å²) >= 11 is 0. The first-order chi connectivity index (χ1) is 32.6. The fourth-order valence-electron chi connectivity index (χ4n) is 11.1. The number of rotatable bonds is 29. The fraction of sp³-hybridized carbons (Fsp3) is 0.648. The summed E-state index contributed by atoms with van der Waals surface area (Å²) in [6, 6.07) is 13.3. The Morgan fingerprint density at radius 2 is 1.49 bits per heavy atom. The van der Waals surface area contributed by atoms with Crippen molar-refractivity contribution in [3.05, 3.63) is 59.7 Å². The molecule has 6 N–H and O–H groups in total. The number of Topliss-reactive ketones (excluding diaryl/α,β-unsaturated/α-hetero) is 4. The molecule has 1 unspecified atom stereocenters. The predicted octanol–water partition coefficient (Wildman–Crippen LogP) is 6.99. The van der Waals surface area contributed by atoms with E-state index in [1.54, 1.807) is 12.1 Å². The van der Waals surface area contributed by atoms with Crippen LogP contribution in [0.3, 0.4) is 0 Å². The molecular weight excluding hydrogens is 875 g/mol. The third-order valence-corrected chi connectivity index (χ3v) is 15.6. The number of carbonyl (C=O) groups excluding carboxylic acids is 7. The highest BCUT2D eigenvalue weighted by Gasteiger charge is 2.68. The molecule has 69 heavy (non-hydrogen) atoms. The Labute approximate surface area is 410 Å².